The van der Waals surface area contributed by atoms with Crippen molar-refractivity contribution in [2.24, 2.45) is 0 Å². The molecule has 1 N–H and O–H groups in total. The highest BCUT2D eigenvalue weighted by atomic mass is 79.9. The van der Waals surface area contributed by atoms with Gasteiger partial charge in [0.15, 0.2) is 0 Å². The normalized spacial score (nSPS) is 15.0. The summed E-state index contributed by atoms with van der Waals surface area (Å²) in [4.78, 5) is 39.3. The summed E-state index contributed by atoms with van der Waals surface area (Å²) in [6.45, 7) is 3.74. The molecule has 0 aromatic heterocycles. The molecule has 0 aliphatic carbocycles. The van der Waals surface area contributed by atoms with Crippen molar-refractivity contribution in [3.8, 4) is 5.75 Å². The number of carbonyl (C=O) groups excluding carboxylic acids is 3. The number of carbonyl (C=O) groups is 3. The second kappa shape index (κ2) is 9.65. The molecule has 3 aromatic carbocycles. The van der Waals surface area contributed by atoms with Crippen molar-refractivity contribution in [2.75, 3.05) is 12.0 Å². The topological polar surface area (TPSA) is 75.7 Å². The zero-order valence-electron chi connectivity index (χ0n) is 19.0. The van der Waals surface area contributed by atoms with Crippen LogP contribution in [-0.4, -0.2) is 25.0 Å². The van der Waals surface area contributed by atoms with E-state index in [1.165, 1.54) is 6.08 Å². The number of urea groups is 1. The van der Waals surface area contributed by atoms with Crippen molar-refractivity contribution in [2.45, 2.75) is 20.3 Å². The molecule has 4 rings (SSSR count). The average Bonchev–Trinajstić information content (AvgIpc) is 2.80. The number of nitrogens with one attached hydrogen (secondary N) is 1. The summed E-state index contributed by atoms with van der Waals surface area (Å²) in [6, 6.07) is 18.1. The van der Waals surface area contributed by atoms with E-state index in [4.69, 9.17) is 4.74 Å². The quantitative estimate of drug-likeness (QED) is 0.365. The Kier molecular flexibility index (Phi) is 6.65. The molecule has 4 amide bonds. The van der Waals surface area contributed by atoms with Crippen molar-refractivity contribution in [3.63, 3.8) is 0 Å². The van der Waals surface area contributed by atoms with Crippen molar-refractivity contribution in [1.82, 2.24) is 5.32 Å². The molecule has 3 aromatic rings. The molecule has 172 valence electrons. The number of halogens is 1. The maximum Gasteiger partial charge on any atom is 0.335 e. The fourth-order valence-corrected chi connectivity index (χ4v) is 4.37. The lowest BCUT2D eigenvalue weighted by molar-refractivity contribution is -0.122. The molecule has 0 unspecified atom stereocenters. The first kappa shape index (κ1) is 23.4. The Labute approximate surface area is 206 Å². The van der Waals surface area contributed by atoms with E-state index < -0.39 is 17.8 Å². The molecule has 0 bridgehead atoms. The van der Waals surface area contributed by atoms with Gasteiger partial charge in [0.2, 0.25) is 0 Å². The van der Waals surface area contributed by atoms with E-state index in [2.05, 4.69) is 21.2 Å². The predicted molar refractivity (Wildman–Crippen MR) is 135 cm³/mol. The lowest BCUT2D eigenvalue weighted by Gasteiger charge is -2.27. The van der Waals surface area contributed by atoms with Gasteiger partial charge >= 0.3 is 6.03 Å². The van der Waals surface area contributed by atoms with Crippen LogP contribution in [0, 0.1) is 13.8 Å². The Hall–Kier alpha value is -3.71. The molecular weight excluding hydrogens is 496 g/mol. The smallest absolute Gasteiger partial charge is 0.335 e. The Balaban J connectivity index is 1.68. The van der Waals surface area contributed by atoms with Crippen LogP contribution < -0.4 is 15.0 Å². The molecule has 1 aliphatic heterocycles. The number of rotatable bonds is 5. The first-order valence-corrected chi connectivity index (χ1v) is 11.5. The highest BCUT2D eigenvalue weighted by Crippen LogP contribution is 2.29. The van der Waals surface area contributed by atoms with Crippen LogP contribution in [0.5, 0.6) is 5.75 Å². The predicted octanol–water partition coefficient (Wildman–Crippen LogP) is 5.33. The second-order valence-electron chi connectivity index (χ2n) is 8.09. The highest BCUT2D eigenvalue weighted by Gasteiger charge is 2.37. The molecule has 1 fully saturated rings. The summed E-state index contributed by atoms with van der Waals surface area (Å²) in [7, 11) is 1.58. The van der Waals surface area contributed by atoms with E-state index in [-0.39, 0.29) is 5.57 Å². The van der Waals surface area contributed by atoms with Crippen LogP contribution in [-0.2, 0) is 16.0 Å². The SMILES string of the molecule is COc1cc(/C=C2\C(=O)NC(=O)N(c3ccc(C)cc3C)C2=O)ccc1Cc1ccccc1Br. The average molecular weight is 519 g/mol. The van der Waals surface area contributed by atoms with E-state index in [1.807, 2.05) is 62.4 Å². The molecule has 1 aliphatic rings. The Morgan fingerprint density at radius 3 is 2.44 bits per heavy atom. The number of hydrogen-bond donors (Lipinski definition) is 1. The van der Waals surface area contributed by atoms with Crippen molar-refractivity contribution < 1.29 is 19.1 Å². The van der Waals surface area contributed by atoms with Gasteiger partial charge in [-0.3, -0.25) is 14.9 Å². The largest absolute Gasteiger partial charge is 0.496 e. The van der Waals surface area contributed by atoms with Crippen LogP contribution in [0.25, 0.3) is 6.08 Å². The lowest BCUT2D eigenvalue weighted by Crippen LogP contribution is -2.54. The fourth-order valence-electron chi connectivity index (χ4n) is 3.94. The molecule has 0 atom stereocenters. The first-order chi connectivity index (χ1) is 16.3. The van der Waals surface area contributed by atoms with Gasteiger partial charge in [0.25, 0.3) is 11.8 Å². The summed E-state index contributed by atoms with van der Waals surface area (Å²) in [5.74, 6) is -0.764. The van der Waals surface area contributed by atoms with Crippen LogP contribution in [0.4, 0.5) is 10.5 Å². The molecule has 1 saturated heterocycles. The number of amides is 4. The Morgan fingerprint density at radius 2 is 1.74 bits per heavy atom. The summed E-state index contributed by atoms with van der Waals surface area (Å²) in [6.07, 6.45) is 2.13. The standard InChI is InChI=1S/C27H23BrN2O4/c1-16-8-11-23(17(2)12-16)30-26(32)21(25(31)29-27(30)33)13-18-9-10-20(24(14-18)34-3)15-19-6-4-5-7-22(19)28/h4-14H,15H2,1-3H3,(H,29,31,33)/b21-13+. The second-order valence-corrected chi connectivity index (χ2v) is 8.94. The van der Waals surface area contributed by atoms with Crippen LogP contribution in [0.3, 0.4) is 0 Å². The zero-order valence-corrected chi connectivity index (χ0v) is 20.6. The van der Waals surface area contributed by atoms with E-state index in [1.54, 1.807) is 19.2 Å². The van der Waals surface area contributed by atoms with E-state index >= 15 is 0 Å². The molecule has 1 heterocycles. The summed E-state index contributed by atoms with van der Waals surface area (Å²) in [5.41, 5.74) is 4.76. The minimum absolute atomic E-state index is 0.125. The van der Waals surface area contributed by atoms with E-state index in [9.17, 15) is 14.4 Å². The van der Waals surface area contributed by atoms with E-state index in [0.717, 1.165) is 31.6 Å². The Bertz CT molecular complexity index is 1350. The Morgan fingerprint density at radius 1 is 0.971 bits per heavy atom. The molecular formula is C27H23BrN2O4. The summed E-state index contributed by atoms with van der Waals surface area (Å²) in [5, 5.41) is 2.27. The van der Waals surface area contributed by atoms with Gasteiger partial charge < -0.3 is 4.74 Å². The number of imide groups is 2. The van der Waals surface area contributed by atoms with E-state index in [0.29, 0.717) is 23.4 Å². The number of aryl methyl sites for hydroxylation is 2. The number of barbiturate groups is 1. The molecule has 34 heavy (non-hydrogen) atoms. The van der Waals surface area contributed by atoms with Crippen molar-refractivity contribution >= 4 is 45.5 Å². The molecule has 0 spiro atoms. The van der Waals surface area contributed by atoms with Gasteiger partial charge in [0.1, 0.15) is 11.3 Å². The highest BCUT2D eigenvalue weighted by molar-refractivity contribution is 9.10. The number of anilines is 1. The van der Waals surface area contributed by atoms with Crippen LogP contribution in [0.15, 0.2) is 70.7 Å². The summed E-state index contributed by atoms with van der Waals surface area (Å²) >= 11 is 3.57. The number of hydrogen-bond acceptors (Lipinski definition) is 4. The van der Waals surface area contributed by atoms with Gasteiger partial charge in [-0.25, -0.2) is 9.69 Å². The molecule has 0 radical (unpaired) electrons. The number of methoxy groups -OCH3 is 1. The minimum Gasteiger partial charge on any atom is -0.496 e. The van der Waals surface area contributed by atoms with Crippen molar-refractivity contribution in [1.29, 1.82) is 0 Å². The van der Waals surface area contributed by atoms with Gasteiger partial charge in [0.05, 0.1) is 12.8 Å². The van der Waals surface area contributed by atoms with Gasteiger partial charge in [-0.15, -0.1) is 0 Å². The van der Waals surface area contributed by atoms with Crippen LogP contribution in [0.2, 0.25) is 0 Å². The number of nitrogens with zero attached hydrogens (tertiary/aromatic N) is 1. The molecule has 7 heteroatoms. The van der Waals surface area contributed by atoms with Gasteiger partial charge in [-0.1, -0.05) is 64.0 Å². The number of ether oxygens (including phenoxy) is 1. The monoisotopic (exact) mass is 518 g/mol. The lowest BCUT2D eigenvalue weighted by atomic mass is 10.0. The van der Waals surface area contributed by atoms with Crippen molar-refractivity contribution in [3.05, 3.63) is 98.5 Å². The maximum atomic E-state index is 13.2. The third-order valence-electron chi connectivity index (χ3n) is 5.66. The summed E-state index contributed by atoms with van der Waals surface area (Å²) < 4.78 is 6.58. The van der Waals surface area contributed by atoms with Crippen LogP contribution in [0.1, 0.15) is 27.8 Å². The fraction of sp³-hybridized carbons (Fsp3) is 0.148. The molecule has 6 nitrogen and oxygen atoms in total. The number of benzene rings is 3. The van der Waals surface area contributed by atoms with Gasteiger partial charge in [0, 0.05) is 10.9 Å². The van der Waals surface area contributed by atoms with Gasteiger partial charge in [-0.05, 0) is 60.4 Å². The van der Waals surface area contributed by atoms with Gasteiger partial charge in [-0.2, -0.15) is 0 Å². The third kappa shape index (κ3) is 4.65. The molecule has 0 saturated carbocycles. The minimum atomic E-state index is -0.763. The zero-order chi connectivity index (χ0) is 24.4. The maximum absolute atomic E-state index is 13.2. The third-order valence-corrected chi connectivity index (χ3v) is 6.43. The van der Waals surface area contributed by atoms with Crippen LogP contribution >= 0.6 is 15.9 Å². The first-order valence-electron chi connectivity index (χ1n) is 10.7.